The van der Waals surface area contributed by atoms with Crippen LogP contribution < -0.4 is 5.32 Å². The van der Waals surface area contributed by atoms with E-state index in [2.05, 4.69) is 108 Å². The number of aliphatic hydroxyl groups excluding tert-OH is 1. The first-order chi connectivity index (χ1) is 15.1. The number of fused-ring (bicyclic) bond motifs is 4. The highest BCUT2D eigenvalue weighted by Gasteiger charge is 2.14. The van der Waals surface area contributed by atoms with E-state index in [1.165, 1.54) is 27.2 Å². The molecule has 0 bridgehead atoms. The van der Waals surface area contributed by atoms with Crippen LogP contribution in [0.4, 0.5) is 0 Å². The fraction of sp³-hybridized carbons (Fsp3) is 0.200. The third-order valence-electron chi connectivity index (χ3n) is 5.81. The van der Waals surface area contributed by atoms with Crippen molar-refractivity contribution >= 4 is 64.6 Å². The molecule has 6 heteroatoms. The van der Waals surface area contributed by atoms with Crippen molar-refractivity contribution in [2.24, 2.45) is 0 Å². The molecule has 4 nitrogen and oxygen atoms in total. The molecule has 2 aromatic heterocycles. The summed E-state index contributed by atoms with van der Waals surface area (Å²) in [6.45, 7) is 1.92. The summed E-state index contributed by atoms with van der Waals surface area (Å²) in [5.74, 6) is 0. The zero-order valence-corrected chi connectivity index (χ0v) is 20.1. The molecule has 0 aliphatic heterocycles. The van der Waals surface area contributed by atoms with Gasteiger partial charge in [0.15, 0.2) is 0 Å². The molecule has 5 aromatic rings. The predicted octanol–water partition coefficient (Wildman–Crippen LogP) is 5.99. The van der Waals surface area contributed by atoms with E-state index in [-0.39, 0.29) is 0 Å². The van der Waals surface area contributed by atoms with Crippen LogP contribution >= 0.6 is 31.9 Å². The van der Waals surface area contributed by atoms with E-state index in [4.69, 9.17) is 0 Å². The van der Waals surface area contributed by atoms with E-state index in [9.17, 15) is 5.11 Å². The number of H-pyrrole nitrogens is 1. The molecule has 158 valence electrons. The SMILES string of the molecule is OC(CNCCc1c[nH]c2ccccc12)Cn1c2ccc(Br)cc2c2cc(Br)ccc21. The minimum Gasteiger partial charge on any atom is -0.390 e. The van der Waals surface area contributed by atoms with E-state index in [0.29, 0.717) is 13.1 Å². The van der Waals surface area contributed by atoms with Gasteiger partial charge in [-0.3, -0.25) is 0 Å². The van der Waals surface area contributed by atoms with Gasteiger partial charge in [-0.2, -0.15) is 0 Å². The van der Waals surface area contributed by atoms with Crippen LogP contribution in [0.5, 0.6) is 0 Å². The van der Waals surface area contributed by atoms with Gasteiger partial charge in [-0.25, -0.2) is 0 Å². The minimum absolute atomic E-state index is 0.478. The van der Waals surface area contributed by atoms with Gasteiger partial charge in [0.05, 0.1) is 12.6 Å². The number of hydrogen-bond acceptors (Lipinski definition) is 2. The van der Waals surface area contributed by atoms with Crippen LogP contribution in [0.15, 0.2) is 75.8 Å². The number of hydrogen-bond donors (Lipinski definition) is 3. The molecule has 0 amide bonds. The number of benzene rings is 3. The molecule has 1 unspecified atom stereocenters. The molecule has 0 saturated carbocycles. The van der Waals surface area contributed by atoms with E-state index >= 15 is 0 Å². The van der Waals surface area contributed by atoms with Crippen LogP contribution in [0.3, 0.4) is 0 Å². The number of aromatic amines is 1. The highest BCUT2D eigenvalue weighted by molar-refractivity contribution is 9.10. The number of aliphatic hydroxyl groups is 1. The Bertz CT molecular complexity index is 1310. The highest BCUT2D eigenvalue weighted by atomic mass is 79.9. The molecule has 3 N–H and O–H groups in total. The summed E-state index contributed by atoms with van der Waals surface area (Å²) >= 11 is 7.18. The second kappa shape index (κ2) is 8.79. The van der Waals surface area contributed by atoms with Gasteiger partial charge in [-0.1, -0.05) is 50.1 Å². The lowest BCUT2D eigenvalue weighted by atomic mass is 10.1. The van der Waals surface area contributed by atoms with Crippen LogP contribution in [0.2, 0.25) is 0 Å². The maximum Gasteiger partial charge on any atom is 0.0843 e. The molecule has 0 spiro atoms. The highest BCUT2D eigenvalue weighted by Crippen LogP contribution is 2.33. The number of rotatable bonds is 7. The van der Waals surface area contributed by atoms with Gasteiger partial charge < -0.3 is 20.0 Å². The zero-order chi connectivity index (χ0) is 21.4. The van der Waals surface area contributed by atoms with Crippen molar-refractivity contribution in [2.45, 2.75) is 19.1 Å². The number of aromatic nitrogens is 2. The molecular formula is C25H23Br2N3O. The molecule has 0 saturated heterocycles. The lowest BCUT2D eigenvalue weighted by Crippen LogP contribution is -2.31. The van der Waals surface area contributed by atoms with Crippen LogP contribution in [0, 0.1) is 0 Å². The molecule has 0 fully saturated rings. The Balaban J connectivity index is 1.28. The normalized spacial score (nSPS) is 12.9. The minimum atomic E-state index is -0.478. The van der Waals surface area contributed by atoms with Crippen molar-refractivity contribution in [3.63, 3.8) is 0 Å². The second-order valence-corrected chi connectivity index (χ2v) is 9.73. The van der Waals surface area contributed by atoms with Crippen LogP contribution in [-0.2, 0) is 13.0 Å². The molecule has 0 radical (unpaired) electrons. The van der Waals surface area contributed by atoms with Crippen molar-refractivity contribution in [3.05, 3.63) is 81.4 Å². The third-order valence-corrected chi connectivity index (χ3v) is 6.79. The van der Waals surface area contributed by atoms with Gasteiger partial charge in [0.25, 0.3) is 0 Å². The van der Waals surface area contributed by atoms with Gasteiger partial charge in [0.1, 0.15) is 0 Å². The first kappa shape index (κ1) is 20.8. The largest absolute Gasteiger partial charge is 0.390 e. The van der Waals surface area contributed by atoms with Gasteiger partial charge in [0, 0.05) is 54.4 Å². The molecule has 31 heavy (non-hydrogen) atoms. The predicted molar refractivity (Wildman–Crippen MR) is 136 cm³/mol. The lowest BCUT2D eigenvalue weighted by Gasteiger charge is -2.15. The Kier molecular flexibility index (Phi) is 5.89. The van der Waals surface area contributed by atoms with Crippen LogP contribution in [0.25, 0.3) is 32.7 Å². The monoisotopic (exact) mass is 539 g/mol. The summed E-state index contributed by atoms with van der Waals surface area (Å²) in [7, 11) is 0. The number of halogens is 2. The van der Waals surface area contributed by atoms with E-state index in [1.807, 2.05) is 6.07 Å². The smallest absolute Gasteiger partial charge is 0.0843 e. The first-order valence-corrected chi connectivity index (χ1v) is 12.0. The average Bonchev–Trinajstić information content (AvgIpc) is 3.30. The zero-order valence-electron chi connectivity index (χ0n) is 16.9. The Morgan fingerprint density at radius 3 is 2.29 bits per heavy atom. The maximum absolute atomic E-state index is 10.8. The molecule has 2 heterocycles. The Morgan fingerprint density at radius 1 is 0.903 bits per heavy atom. The maximum atomic E-state index is 10.8. The Hall–Kier alpha value is -2.12. The second-order valence-electron chi connectivity index (χ2n) is 7.90. The van der Waals surface area contributed by atoms with Gasteiger partial charge in [-0.15, -0.1) is 0 Å². The van der Waals surface area contributed by atoms with Gasteiger partial charge >= 0.3 is 0 Å². The van der Waals surface area contributed by atoms with Crippen molar-refractivity contribution in [1.29, 1.82) is 0 Å². The topological polar surface area (TPSA) is 53.0 Å². The molecule has 0 aliphatic rings. The first-order valence-electron chi connectivity index (χ1n) is 10.4. The summed E-state index contributed by atoms with van der Waals surface area (Å²) in [5, 5.41) is 17.8. The molecule has 5 rings (SSSR count). The van der Waals surface area contributed by atoms with Crippen molar-refractivity contribution in [3.8, 4) is 0 Å². The molecule has 0 aliphatic carbocycles. The molecule has 1 atom stereocenters. The van der Waals surface area contributed by atoms with E-state index < -0.39 is 6.10 Å². The van der Waals surface area contributed by atoms with Crippen molar-refractivity contribution < 1.29 is 5.11 Å². The summed E-state index contributed by atoms with van der Waals surface area (Å²) in [4.78, 5) is 3.32. The van der Waals surface area contributed by atoms with E-state index in [1.54, 1.807) is 0 Å². The number of nitrogens with one attached hydrogen (secondary N) is 2. The van der Waals surface area contributed by atoms with E-state index in [0.717, 1.165) is 32.9 Å². The quantitative estimate of drug-likeness (QED) is 0.222. The van der Waals surface area contributed by atoms with Gasteiger partial charge in [0.2, 0.25) is 0 Å². The van der Waals surface area contributed by atoms with Crippen LogP contribution in [-0.4, -0.2) is 33.9 Å². The summed E-state index contributed by atoms with van der Waals surface area (Å²) in [5.41, 5.74) is 4.74. The number of para-hydroxylation sites is 1. The van der Waals surface area contributed by atoms with Crippen molar-refractivity contribution in [1.82, 2.24) is 14.9 Å². The van der Waals surface area contributed by atoms with Crippen LogP contribution in [0.1, 0.15) is 5.56 Å². The summed E-state index contributed by atoms with van der Waals surface area (Å²) < 4.78 is 4.33. The third kappa shape index (κ3) is 4.17. The Morgan fingerprint density at radius 2 is 1.58 bits per heavy atom. The molecular weight excluding hydrogens is 518 g/mol. The van der Waals surface area contributed by atoms with Crippen molar-refractivity contribution in [2.75, 3.05) is 13.1 Å². The summed E-state index contributed by atoms with van der Waals surface area (Å²) in [6, 6.07) is 21.0. The van der Waals surface area contributed by atoms with Gasteiger partial charge in [-0.05, 0) is 61.0 Å². The summed E-state index contributed by atoms with van der Waals surface area (Å²) in [6.07, 6.45) is 2.53. The lowest BCUT2D eigenvalue weighted by molar-refractivity contribution is 0.154. The fourth-order valence-electron chi connectivity index (χ4n) is 4.35. The molecule has 3 aromatic carbocycles. The fourth-order valence-corrected chi connectivity index (χ4v) is 5.07. The Labute approximate surface area is 197 Å². The average molecular weight is 541 g/mol. The standard InChI is InChI=1S/C25H23Br2N3O/c26-17-5-7-24-21(11-17)22-12-18(27)6-8-25(22)30(24)15-19(31)14-28-10-9-16-13-29-23-4-2-1-3-20(16)23/h1-8,11-13,19,28-29,31H,9-10,14-15H2. The number of nitrogens with zero attached hydrogens (tertiary/aromatic N) is 1.